The van der Waals surface area contributed by atoms with E-state index in [9.17, 15) is 0 Å². The van der Waals surface area contributed by atoms with Crippen LogP contribution in [-0.2, 0) is 6.42 Å². The maximum atomic E-state index is 6.31. The molecule has 4 nitrogen and oxygen atoms in total. The Balaban J connectivity index is 1.95. The van der Waals surface area contributed by atoms with Crippen LogP contribution in [0.2, 0.25) is 0 Å². The van der Waals surface area contributed by atoms with Gasteiger partial charge in [0.1, 0.15) is 0 Å². The van der Waals surface area contributed by atoms with E-state index >= 15 is 0 Å². The Labute approximate surface area is 123 Å². The second-order valence-electron chi connectivity index (χ2n) is 5.27. The quantitative estimate of drug-likeness (QED) is 0.772. The number of hydrogen-bond acceptors (Lipinski definition) is 4. The third-order valence-electron chi connectivity index (χ3n) is 3.70. The first-order valence-corrected chi connectivity index (χ1v) is 6.95. The molecular weight excluding hydrogens is 260 g/mol. The minimum absolute atomic E-state index is 0.195. The van der Waals surface area contributed by atoms with Crippen LogP contribution in [0.25, 0.3) is 10.9 Å². The lowest BCUT2D eigenvalue weighted by Gasteiger charge is -2.14. The van der Waals surface area contributed by atoms with Crippen molar-refractivity contribution < 1.29 is 0 Å². The molecule has 0 spiro atoms. The summed E-state index contributed by atoms with van der Waals surface area (Å²) in [6, 6.07) is 11.7. The fourth-order valence-electron chi connectivity index (χ4n) is 2.52. The van der Waals surface area contributed by atoms with Gasteiger partial charge >= 0.3 is 0 Å². The molecule has 4 N–H and O–H groups in total. The molecule has 106 valence electrons. The number of rotatable bonds is 3. The van der Waals surface area contributed by atoms with Crippen molar-refractivity contribution in [2.24, 2.45) is 5.73 Å². The van der Waals surface area contributed by atoms with Crippen molar-refractivity contribution in [3.63, 3.8) is 0 Å². The van der Waals surface area contributed by atoms with Gasteiger partial charge in [0.25, 0.3) is 0 Å². The number of pyridine rings is 2. The number of aryl methyl sites for hydroxylation is 1. The van der Waals surface area contributed by atoms with E-state index in [1.54, 1.807) is 18.5 Å². The number of nitrogens with zero attached hydrogens (tertiary/aromatic N) is 2. The van der Waals surface area contributed by atoms with Crippen LogP contribution in [0.1, 0.15) is 22.9 Å². The van der Waals surface area contributed by atoms with Crippen LogP contribution < -0.4 is 11.5 Å². The highest BCUT2D eigenvalue weighted by Crippen LogP contribution is 2.23. The van der Waals surface area contributed by atoms with Gasteiger partial charge < -0.3 is 11.5 Å². The number of fused-ring (bicyclic) bond motifs is 1. The van der Waals surface area contributed by atoms with Crippen molar-refractivity contribution in [1.82, 2.24) is 9.97 Å². The van der Waals surface area contributed by atoms with Gasteiger partial charge in [-0.1, -0.05) is 18.2 Å². The largest absolute Gasteiger partial charge is 0.398 e. The first kappa shape index (κ1) is 13.5. The lowest BCUT2D eigenvalue weighted by molar-refractivity contribution is 0.698. The van der Waals surface area contributed by atoms with Crippen LogP contribution >= 0.6 is 0 Å². The summed E-state index contributed by atoms with van der Waals surface area (Å²) in [5, 5.41) is 1.16. The average molecular weight is 278 g/mol. The number of benzene rings is 1. The Bertz CT molecular complexity index is 783. The third kappa shape index (κ3) is 2.71. The number of nitrogen functional groups attached to an aromatic ring is 1. The Hall–Kier alpha value is -2.46. The average Bonchev–Trinajstić information content (AvgIpc) is 2.49. The van der Waals surface area contributed by atoms with Crippen LogP contribution in [-0.4, -0.2) is 9.97 Å². The van der Waals surface area contributed by atoms with Gasteiger partial charge in [0.15, 0.2) is 0 Å². The predicted molar refractivity (Wildman–Crippen MR) is 85.8 cm³/mol. The van der Waals surface area contributed by atoms with Gasteiger partial charge in [-0.25, -0.2) is 0 Å². The first-order chi connectivity index (χ1) is 10.1. The molecule has 0 aliphatic rings. The minimum atomic E-state index is -0.195. The van der Waals surface area contributed by atoms with Crippen molar-refractivity contribution in [2.75, 3.05) is 5.73 Å². The van der Waals surface area contributed by atoms with Gasteiger partial charge in [0, 0.05) is 23.5 Å². The fourth-order valence-corrected chi connectivity index (χ4v) is 2.52. The third-order valence-corrected chi connectivity index (χ3v) is 3.70. The molecule has 0 bridgehead atoms. The molecule has 0 amide bonds. The smallest absolute Gasteiger partial charge is 0.0708 e. The molecule has 3 aromatic rings. The molecule has 3 rings (SSSR count). The maximum Gasteiger partial charge on any atom is 0.0708 e. The van der Waals surface area contributed by atoms with Crippen LogP contribution in [0.3, 0.4) is 0 Å². The lowest BCUT2D eigenvalue weighted by atomic mass is 10.0. The van der Waals surface area contributed by atoms with Gasteiger partial charge in [0.05, 0.1) is 17.3 Å². The minimum Gasteiger partial charge on any atom is -0.398 e. The monoisotopic (exact) mass is 278 g/mol. The number of para-hydroxylation sites is 1. The number of nitrogens with two attached hydrogens (primary N) is 2. The van der Waals surface area contributed by atoms with E-state index in [1.807, 2.05) is 18.2 Å². The van der Waals surface area contributed by atoms with E-state index in [0.29, 0.717) is 6.42 Å². The molecule has 0 saturated carbocycles. The van der Waals surface area contributed by atoms with E-state index in [-0.39, 0.29) is 6.04 Å². The van der Waals surface area contributed by atoms with Gasteiger partial charge in [-0.05, 0) is 42.7 Å². The van der Waals surface area contributed by atoms with Crippen LogP contribution in [0.4, 0.5) is 5.69 Å². The summed E-state index contributed by atoms with van der Waals surface area (Å²) >= 11 is 0. The molecule has 0 radical (unpaired) electrons. The molecule has 0 fully saturated rings. The van der Waals surface area contributed by atoms with E-state index in [2.05, 4.69) is 29.0 Å². The van der Waals surface area contributed by atoms with Crippen molar-refractivity contribution in [3.8, 4) is 0 Å². The lowest BCUT2D eigenvalue weighted by Crippen LogP contribution is -2.16. The van der Waals surface area contributed by atoms with E-state index in [1.165, 1.54) is 5.56 Å². The molecule has 1 unspecified atom stereocenters. The zero-order chi connectivity index (χ0) is 14.8. The van der Waals surface area contributed by atoms with Crippen molar-refractivity contribution >= 4 is 16.6 Å². The number of aromatic nitrogens is 2. The highest BCUT2D eigenvalue weighted by atomic mass is 14.8. The van der Waals surface area contributed by atoms with E-state index < -0.39 is 0 Å². The molecule has 2 heterocycles. The summed E-state index contributed by atoms with van der Waals surface area (Å²) in [5.41, 5.74) is 17.0. The summed E-state index contributed by atoms with van der Waals surface area (Å²) < 4.78 is 0. The zero-order valence-electron chi connectivity index (χ0n) is 12.0. The number of anilines is 1. The van der Waals surface area contributed by atoms with Crippen LogP contribution in [0.15, 0.2) is 48.8 Å². The summed E-state index contributed by atoms with van der Waals surface area (Å²) in [4.78, 5) is 8.78. The van der Waals surface area contributed by atoms with Gasteiger partial charge in [0.2, 0.25) is 0 Å². The van der Waals surface area contributed by atoms with E-state index in [4.69, 9.17) is 11.5 Å². The highest BCUT2D eigenvalue weighted by Gasteiger charge is 2.12. The SMILES string of the molecule is Cc1cc(C(N)Cc2cnccc2N)nc2ccccc12. The van der Waals surface area contributed by atoms with Gasteiger partial charge in [-0.2, -0.15) is 0 Å². The van der Waals surface area contributed by atoms with Crippen molar-refractivity contribution in [2.45, 2.75) is 19.4 Å². The molecular formula is C17H18N4. The molecule has 2 aromatic heterocycles. The predicted octanol–water partition coefficient (Wildman–Crippen LogP) is 2.76. The van der Waals surface area contributed by atoms with Gasteiger partial charge in [-0.3, -0.25) is 9.97 Å². The second kappa shape index (κ2) is 5.50. The summed E-state index contributed by atoms with van der Waals surface area (Å²) in [6.45, 7) is 2.08. The first-order valence-electron chi connectivity index (χ1n) is 6.95. The Morgan fingerprint density at radius 2 is 2.00 bits per heavy atom. The fraction of sp³-hybridized carbons (Fsp3) is 0.176. The Morgan fingerprint density at radius 1 is 1.19 bits per heavy atom. The molecule has 21 heavy (non-hydrogen) atoms. The second-order valence-corrected chi connectivity index (χ2v) is 5.27. The molecule has 0 aliphatic carbocycles. The van der Waals surface area contributed by atoms with Crippen molar-refractivity contribution in [3.05, 3.63) is 65.6 Å². The zero-order valence-corrected chi connectivity index (χ0v) is 12.0. The maximum absolute atomic E-state index is 6.31. The number of hydrogen-bond donors (Lipinski definition) is 2. The van der Waals surface area contributed by atoms with Crippen LogP contribution in [0, 0.1) is 6.92 Å². The van der Waals surface area contributed by atoms with Crippen LogP contribution in [0.5, 0.6) is 0 Å². The highest BCUT2D eigenvalue weighted by molar-refractivity contribution is 5.82. The molecule has 1 aromatic carbocycles. The van der Waals surface area contributed by atoms with Crippen molar-refractivity contribution in [1.29, 1.82) is 0 Å². The molecule has 1 atom stereocenters. The molecule has 4 heteroatoms. The van der Waals surface area contributed by atoms with E-state index in [0.717, 1.165) is 27.8 Å². The standard InChI is InChI=1S/C17H18N4/c1-11-8-17(21-16-5-3-2-4-13(11)16)15(19)9-12-10-20-7-6-14(12)18/h2-8,10,15H,9,19H2,1H3,(H2,18,20). The summed E-state index contributed by atoms with van der Waals surface area (Å²) in [5.74, 6) is 0. The molecule has 0 saturated heterocycles. The normalized spacial score (nSPS) is 12.5. The topological polar surface area (TPSA) is 77.8 Å². The summed E-state index contributed by atoms with van der Waals surface area (Å²) in [7, 11) is 0. The summed E-state index contributed by atoms with van der Waals surface area (Å²) in [6.07, 6.45) is 4.08. The Morgan fingerprint density at radius 3 is 2.81 bits per heavy atom. The van der Waals surface area contributed by atoms with Gasteiger partial charge in [-0.15, -0.1) is 0 Å². The molecule has 0 aliphatic heterocycles. The Kier molecular flexibility index (Phi) is 3.54.